The molecule has 7 heteroatoms. The van der Waals surface area contributed by atoms with E-state index in [2.05, 4.69) is 39.1 Å². The van der Waals surface area contributed by atoms with Crippen LogP contribution in [0.1, 0.15) is 61.3 Å². The highest BCUT2D eigenvalue weighted by Crippen LogP contribution is 2.28. The number of hydrogen-bond donors (Lipinski definition) is 1. The first-order chi connectivity index (χ1) is 16.6. The zero-order valence-corrected chi connectivity index (χ0v) is 21.8. The summed E-state index contributed by atoms with van der Waals surface area (Å²) in [4.78, 5) is 28.0. The van der Waals surface area contributed by atoms with Gasteiger partial charge in [-0.1, -0.05) is 52.0 Å². The third-order valence-corrected chi connectivity index (χ3v) is 6.00. The summed E-state index contributed by atoms with van der Waals surface area (Å²) in [6, 6.07) is 15.0. The summed E-state index contributed by atoms with van der Waals surface area (Å²) in [5, 5.41) is 7.84. The van der Waals surface area contributed by atoms with Crippen LogP contribution in [0.15, 0.2) is 48.5 Å². The topological polar surface area (TPSA) is 76.5 Å². The van der Waals surface area contributed by atoms with Crippen LogP contribution in [-0.4, -0.2) is 46.7 Å². The zero-order chi connectivity index (χ0) is 25.8. The molecule has 0 unspecified atom stereocenters. The number of benzene rings is 2. The van der Waals surface area contributed by atoms with E-state index in [4.69, 9.17) is 9.84 Å². The van der Waals surface area contributed by atoms with Gasteiger partial charge >= 0.3 is 0 Å². The first-order valence-corrected chi connectivity index (χ1v) is 12.0. The van der Waals surface area contributed by atoms with Crippen LogP contribution in [0, 0.1) is 13.8 Å². The predicted octanol–water partition coefficient (Wildman–Crippen LogP) is 5.29. The van der Waals surface area contributed by atoms with E-state index < -0.39 is 0 Å². The van der Waals surface area contributed by atoms with E-state index in [0.717, 1.165) is 28.9 Å². The maximum Gasteiger partial charge on any atom is 0.258 e. The van der Waals surface area contributed by atoms with Crippen molar-refractivity contribution >= 4 is 17.6 Å². The van der Waals surface area contributed by atoms with Gasteiger partial charge in [-0.05, 0) is 49.6 Å². The van der Waals surface area contributed by atoms with Gasteiger partial charge in [-0.25, -0.2) is 4.68 Å². The second-order valence-corrected chi connectivity index (χ2v) is 9.77. The molecule has 0 spiro atoms. The van der Waals surface area contributed by atoms with Crippen molar-refractivity contribution in [2.45, 2.75) is 53.4 Å². The summed E-state index contributed by atoms with van der Waals surface area (Å²) in [6.07, 6.45) is 0.725. The molecule has 0 bridgehead atoms. The van der Waals surface area contributed by atoms with Gasteiger partial charge < -0.3 is 15.0 Å². The minimum Gasteiger partial charge on any atom is -0.496 e. The molecule has 0 saturated carbocycles. The average molecular weight is 477 g/mol. The van der Waals surface area contributed by atoms with Crippen molar-refractivity contribution in [2.24, 2.45) is 0 Å². The van der Waals surface area contributed by atoms with Crippen LogP contribution in [0.2, 0.25) is 0 Å². The van der Waals surface area contributed by atoms with Gasteiger partial charge in [0.1, 0.15) is 18.1 Å². The van der Waals surface area contributed by atoms with E-state index in [9.17, 15) is 9.59 Å². The number of nitrogens with zero attached hydrogens (tertiary/aromatic N) is 3. The Kier molecular flexibility index (Phi) is 7.99. The maximum absolute atomic E-state index is 13.3. The number of anilines is 1. The summed E-state index contributed by atoms with van der Waals surface area (Å²) >= 11 is 0. The highest BCUT2D eigenvalue weighted by molar-refractivity contribution is 6.00. The first-order valence-electron chi connectivity index (χ1n) is 12.0. The molecular formula is C28H36N4O3. The molecule has 186 valence electrons. The van der Waals surface area contributed by atoms with Crippen LogP contribution >= 0.6 is 0 Å². The molecule has 0 radical (unpaired) electrons. The lowest BCUT2D eigenvalue weighted by molar-refractivity contribution is -0.116. The normalized spacial score (nSPS) is 11.3. The quantitative estimate of drug-likeness (QED) is 0.480. The van der Waals surface area contributed by atoms with Crippen LogP contribution in [0.4, 0.5) is 5.82 Å². The number of aromatic nitrogens is 2. The predicted molar refractivity (Wildman–Crippen MR) is 140 cm³/mol. The molecule has 0 atom stereocenters. The lowest BCUT2D eigenvalue weighted by Crippen LogP contribution is -2.39. The molecule has 0 aliphatic carbocycles. The summed E-state index contributed by atoms with van der Waals surface area (Å²) in [6.45, 7) is 12.7. The number of aryl methyl sites for hydroxylation is 1. The molecule has 3 rings (SSSR count). The minimum atomic E-state index is -0.284. The van der Waals surface area contributed by atoms with Crippen molar-refractivity contribution in [2.75, 3.05) is 25.5 Å². The number of hydrogen-bond acceptors (Lipinski definition) is 4. The monoisotopic (exact) mass is 476 g/mol. The van der Waals surface area contributed by atoms with Crippen LogP contribution in [0.25, 0.3) is 5.69 Å². The van der Waals surface area contributed by atoms with Crippen LogP contribution in [0.5, 0.6) is 5.75 Å². The summed E-state index contributed by atoms with van der Waals surface area (Å²) in [7, 11) is 1.53. The molecule has 7 nitrogen and oxygen atoms in total. The maximum atomic E-state index is 13.3. The Morgan fingerprint density at radius 2 is 1.80 bits per heavy atom. The van der Waals surface area contributed by atoms with Gasteiger partial charge in [-0.2, -0.15) is 5.10 Å². The summed E-state index contributed by atoms with van der Waals surface area (Å²) in [5.41, 5.74) is 4.24. The minimum absolute atomic E-state index is 0.0758. The Balaban J connectivity index is 1.91. The average Bonchev–Trinajstić information content (AvgIpc) is 3.24. The third-order valence-electron chi connectivity index (χ3n) is 6.00. The van der Waals surface area contributed by atoms with Crippen molar-refractivity contribution in [3.05, 3.63) is 70.9 Å². The van der Waals surface area contributed by atoms with Gasteiger partial charge in [0.25, 0.3) is 5.91 Å². The molecule has 2 amide bonds. The van der Waals surface area contributed by atoms with Crippen molar-refractivity contribution in [1.29, 1.82) is 0 Å². The fourth-order valence-corrected chi connectivity index (χ4v) is 3.86. The molecule has 0 saturated heterocycles. The van der Waals surface area contributed by atoms with Gasteiger partial charge in [0.2, 0.25) is 5.91 Å². The first kappa shape index (κ1) is 26.0. The van der Waals surface area contributed by atoms with E-state index >= 15 is 0 Å². The Hall–Kier alpha value is -3.61. The van der Waals surface area contributed by atoms with Gasteiger partial charge in [0, 0.05) is 18.0 Å². The van der Waals surface area contributed by atoms with Gasteiger partial charge in [0.05, 0.1) is 24.1 Å². The summed E-state index contributed by atoms with van der Waals surface area (Å²) < 4.78 is 7.14. The van der Waals surface area contributed by atoms with E-state index in [0.29, 0.717) is 23.7 Å². The highest BCUT2D eigenvalue weighted by atomic mass is 16.5. The molecule has 1 aromatic heterocycles. The second-order valence-electron chi connectivity index (χ2n) is 9.77. The number of ether oxygens (including phenoxy) is 1. The third kappa shape index (κ3) is 5.91. The van der Waals surface area contributed by atoms with Gasteiger partial charge in [-0.15, -0.1) is 0 Å². The molecule has 0 aliphatic heterocycles. The number of methoxy groups -OCH3 is 1. The number of amides is 2. The number of rotatable bonds is 8. The molecule has 2 aromatic carbocycles. The Morgan fingerprint density at radius 3 is 2.46 bits per heavy atom. The van der Waals surface area contributed by atoms with Crippen molar-refractivity contribution in [1.82, 2.24) is 14.7 Å². The highest BCUT2D eigenvalue weighted by Gasteiger charge is 2.25. The van der Waals surface area contributed by atoms with Crippen LogP contribution < -0.4 is 10.1 Å². The molecule has 1 heterocycles. The van der Waals surface area contributed by atoms with Gasteiger partial charge in [-0.3, -0.25) is 9.59 Å². The molecule has 1 N–H and O–H groups in total. The van der Waals surface area contributed by atoms with E-state index in [1.807, 2.05) is 38.1 Å². The van der Waals surface area contributed by atoms with Gasteiger partial charge in [0.15, 0.2) is 0 Å². The fraction of sp³-hybridized carbons (Fsp3) is 0.393. The van der Waals surface area contributed by atoms with E-state index in [1.165, 1.54) is 7.11 Å². The largest absolute Gasteiger partial charge is 0.496 e. The SMILES string of the molecule is CCCN(CC(=O)Nc1cc(C(C)(C)C)nn1-c1cccc(C)c1C)C(=O)c1ccccc1OC. The van der Waals surface area contributed by atoms with Crippen LogP contribution in [0.3, 0.4) is 0 Å². The van der Waals surface area contributed by atoms with E-state index in [-0.39, 0.29) is 23.8 Å². The smallest absolute Gasteiger partial charge is 0.258 e. The lowest BCUT2D eigenvalue weighted by Gasteiger charge is -2.22. The standard InChI is InChI=1S/C28H36N4O3/c1-8-16-31(27(34)21-13-9-10-15-23(21)35-7)18-26(33)29-25-17-24(28(4,5)6)30-32(25)22-14-11-12-19(2)20(22)3/h9-15,17H,8,16,18H2,1-7H3,(H,29,33). The number of carbonyl (C=O) groups excluding carboxylic acids is 2. The van der Waals surface area contributed by atoms with Crippen molar-refractivity contribution in [3.63, 3.8) is 0 Å². The Morgan fingerprint density at radius 1 is 1.09 bits per heavy atom. The fourth-order valence-electron chi connectivity index (χ4n) is 3.86. The Bertz CT molecular complexity index is 1210. The lowest BCUT2D eigenvalue weighted by atomic mass is 9.92. The van der Waals surface area contributed by atoms with Crippen LogP contribution in [-0.2, 0) is 10.2 Å². The van der Waals surface area contributed by atoms with Crippen molar-refractivity contribution < 1.29 is 14.3 Å². The number of para-hydroxylation sites is 1. The van der Waals surface area contributed by atoms with E-state index in [1.54, 1.807) is 27.8 Å². The Labute approximate surface area is 208 Å². The zero-order valence-electron chi connectivity index (χ0n) is 21.8. The molecule has 3 aromatic rings. The summed E-state index contributed by atoms with van der Waals surface area (Å²) in [5.74, 6) is 0.545. The molecule has 0 fully saturated rings. The molecular weight excluding hydrogens is 440 g/mol. The molecule has 0 aliphatic rings. The van der Waals surface area contributed by atoms with Crippen molar-refractivity contribution in [3.8, 4) is 11.4 Å². The molecule has 35 heavy (non-hydrogen) atoms. The number of nitrogens with one attached hydrogen (secondary N) is 1. The number of carbonyl (C=O) groups is 2. The second kappa shape index (κ2) is 10.8.